The Kier molecular flexibility index (Phi) is 4.76. The van der Waals surface area contributed by atoms with Crippen molar-refractivity contribution < 1.29 is 0 Å². The van der Waals surface area contributed by atoms with Crippen LogP contribution in [0.3, 0.4) is 0 Å². The van der Waals surface area contributed by atoms with Gasteiger partial charge in [0.25, 0.3) is 0 Å². The molecule has 1 aliphatic carbocycles. The predicted octanol–water partition coefficient (Wildman–Crippen LogP) is 7.36. The van der Waals surface area contributed by atoms with Crippen LogP contribution < -0.4 is 0 Å². The maximum atomic E-state index is 4.96. The van der Waals surface area contributed by atoms with Crippen LogP contribution in [-0.4, -0.2) is 9.97 Å². The van der Waals surface area contributed by atoms with E-state index in [-0.39, 0.29) is 0 Å². The third-order valence-electron chi connectivity index (χ3n) is 5.68. The number of hydrogen-bond donors (Lipinski definition) is 0. The zero-order valence-corrected chi connectivity index (χ0v) is 17.4. The third-order valence-corrected chi connectivity index (χ3v) is 5.68. The smallest absolute Gasteiger partial charge is 0.0974 e. The zero-order valence-electron chi connectivity index (χ0n) is 17.4. The van der Waals surface area contributed by atoms with Gasteiger partial charge in [-0.3, -0.25) is 9.97 Å². The number of aryl methyl sites for hydroxylation is 2. The molecule has 0 unspecified atom stereocenters. The molecule has 0 aliphatic heterocycles. The molecule has 146 valence electrons. The molecule has 0 N–H and O–H groups in total. The van der Waals surface area contributed by atoms with Crippen molar-refractivity contribution in [2.24, 2.45) is 0 Å². The Morgan fingerprint density at radius 1 is 0.700 bits per heavy atom. The van der Waals surface area contributed by atoms with Gasteiger partial charge >= 0.3 is 0 Å². The van der Waals surface area contributed by atoms with Crippen molar-refractivity contribution in [3.63, 3.8) is 0 Å². The molecule has 0 atom stereocenters. The number of benzene rings is 2. The van der Waals surface area contributed by atoms with E-state index in [0.29, 0.717) is 0 Å². The van der Waals surface area contributed by atoms with Gasteiger partial charge in [0.05, 0.1) is 11.0 Å². The first kappa shape index (κ1) is 18.5. The highest BCUT2D eigenvalue weighted by molar-refractivity contribution is 6.10. The fraction of sp³-hybridized carbons (Fsp3) is 0.143. The Balaban J connectivity index is 1.81. The summed E-state index contributed by atoms with van der Waals surface area (Å²) in [7, 11) is 0. The lowest BCUT2D eigenvalue weighted by Crippen LogP contribution is -1.96. The second-order valence-corrected chi connectivity index (χ2v) is 7.89. The van der Waals surface area contributed by atoms with Crippen molar-refractivity contribution in [3.05, 3.63) is 102 Å². The number of fused-ring (bicyclic) bond motifs is 3. The summed E-state index contributed by atoms with van der Waals surface area (Å²) in [5.74, 6) is 0. The van der Waals surface area contributed by atoms with E-state index in [1.807, 2.05) is 0 Å². The molecule has 2 heterocycles. The summed E-state index contributed by atoms with van der Waals surface area (Å²) in [6.07, 6.45) is 12.9. The van der Waals surface area contributed by atoms with Crippen molar-refractivity contribution >= 4 is 27.4 Å². The van der Waals surface area contributed by atoms with Crippen LogP contribution in [0.2, 0.25) is 0 Å². The minimum atomic E-state index is 0.984. The maximum absolute atomic E-state index is 4.96. The lowest BCUT2D eigenvalue weighted by atomic mass is 9.93. The Labute approximate surface area is 177 Å². The van der Waals surface area contributed by atoms with E-state index in [4.69, 9.17) is 9.97 Å². The van der Waals surface area contributed by atoms with Crippen molar-refractivity contribution in [2.45, 2.75) is 26.7 Å². The maximum Gasteiger partial charge on any atom is 0.0974 e. The fourth-order valence-electron chi connectivity index (χ4n) is 4.31. The average Bonchev–Trinajstić information content (AvgIpc) is 2.73. The van der Waals surface area contributed by atoms with E-state index in [0.717, 1.165) is 40.6 Å². The molecule has 2 aromatic heterocycles. The average molecular weight is 389 g/mol. The van der Waals surface area contributed by atoms with E-state index in [9.17, 15) is 0 Å². The summed E-state index contributed by atoms with van der Waals surface area (Å²) >= 11 is 0. The minimum Gasteiger partial charge on any atom is -0.251 e. The first-order valence-electron chi connectivity index (χ1n) is 10.5. The number of hydrogen-bond acceptors (Lipinski definition) is 2. The minimum absolute atomic E-state index is 0.984. The van der Waals surface area contributed by atoms with E-state index >= 15 is 0 Å². The molecule has 0 fully saturated rings. The monoisotopic (exact) mass is 388 g/mol. The van der Waals surface area contributed by atoms with Crippen LogP contribution in [0, 0.1) is 13.8 Å². The topological polar surface area (TPSA) is 25.8 Å². The van der Waals surface area contributed by atoms with Crippen LogP contribution in [0.5, 0.6) is 0 Å². The lowest BCUT2D eigenvalue weighted by molar-refractivity contribution is 1.07. The van der Waals surface area contributed by atoms with Crippen molar-refractivity contribution in [3.8, 4) is 11.1 Å². The van der Waals surface area contributed by atoms with E-state index in [2.05, 4.69) is 98.8 Å². The number of allylic oxidation sites excluding steroid dienone is 6. The fourth-order valence-corrected chi connectivity index (χ4v) is 4.31. The van der Waals surface area contributed by atoms with Gasteiger partial charge in [-0.15, -0.1) is 0 Å². The van der Waals surface area contributed by atoms with Gasteiger partial charge in [-0.05, 0) is 61.1 Å². The van der Waals surface area contributed by atoms with Gasteiger partial charge in [0.2, 0.25) is 0 Å². The normalized spacial score (nSPS) is 17.9. The van der Waals surface area contributed by atoms with Crippen molar-refractivity contribution in [1.29, 1.82) is 0 Å². The summed E-state index contributed by atoms with van der Waals surface area (Å²) in [5.41, 5.74) is 9.05. The van der Waals surface area contributed by atoms with Gasteiger partial charge in [-0.2, -0.15) is 0 Å². The van der Waals surface area contributed by atoms with Crippen LogP contribution in [0.4, 0.5) is 0 Å². The molecule has 0 saturated heterocycles. The Morgan fingerprint density at radius 3 is 2.10 bits per heavy atom. The van der Waals surface area contributed by atoms with Gasteiger partial charge in [-0.1, -0.05) is 72.8 Å². The molecular formula is C28H24N2. The molecule has 0 radical (unpaired) electrons. The Hall–Kier alpha value is -3.52. The molecule has 5 rings (SSSR count). The second-order valence-electron chi connectivity index (χ2n) is 7.89. The van der Waals surface area contributed by atoms with Gasteiger partial charge in [0.15, 0.2) is 0 Å². The van der Waals surface area contributed by atoms with E-state index in [1.165, 1.54) is 27.6 Å². The highest BCUT2D eigenvalue weighted by Crippen LogP contribution is 2.36. The highest BCUT2D eigenvalue weighted by atomic mass is 14.8. The van der Waals surface area contributed by atoms with Gasteiger partial charge in [0, 0.05) is 22.2 Å². The molecule has 2 heteroatoms. The number of pyridine rings is 2. The number of aromatic nitrogens is 2. The molecule has 0 amide bonds. The van der Waals surface area contributed by atoms with Crippen LogP contribution in [0.25, 0.3) is 38.5 Å². The molecule has 4 aromatic rings. The SMILES string of the molecule is Cc1cc(/C2=C/C=C\C=C/CC2)c2ccc3c(-c4ccccc4)cc(C)nc3c2n1. The molecule has 1 aliphatic rings. The zero-order chi connectivity index (χ0) is 20.5. The molecule has 0 spiro atoms. The first-order chi connectivity index (χ1) is 14.7. The molecule has 0 bridgehead atoms. The molecule has 2 aromatic carbocycles. The Morgan fingerprint density at radius 2 is 1.37 bits per heavy atom. The summed E-state index contributed by atoms with van der Waals surface area (Å²) in [6.45, 7) is 4.14. The summed E-state index contributed by atoms with van der Waals surface area (Å²) < 4.78 is 0. The summed E-state index contributed by atoms with van der Waals surface area (Å²) in [6, 6.07) is 19.4. The quantitative estimate of drug-likeness (QED) is 0.335. The molecule has 0 saturated carbocycles. The van der Waals surface area contributed by atoms with Crippen LogP contribution >= 0.6 is 0 Å². The third kappa shape index (κ3) is 3.35. The van der Waals surface area contributed by atoms with Gasteiger partial charge < -0.3 is 0 Å². The van der Waals surface area contributed by atoms with Crippen LogP contribution in [0.1, 0.15) is 29.8 Å². The number of rotatable bonds is 2. The summed E-state index contributed by atoms with van der Waals surface area (Å²) in [5, 5.41) is 2.33. The molecule has 2 nitrogen and oxygen atoms in total. The predicted molar refractivity (Wildman–Crippen MR) is 127 cm³/mol. The second kappa shape index (κ2) is 7.72. The van der Waals surface area contributed by atoms with Crippen LogP contribution in [-0.2, 0) is 0 Å². The highest BCUT2D eigenvalue weighted by Gasteiger charge is 2.15. The van der Waals surface area contributed by atoms with Gasteiger partial charge in [0.1, 0.15) is 0 Å². The van der Waals surface area contributed by atoms with Crippen molar-refractivity contribution in [1.82, 2.24) is 9.97 Å². The lowest BCUT2D eigenvalue weighted by Gasteiger charge is -2.15. The van der Waals surface area contributed by atoms with Crippen molar-refractivity contribution in [2.75, 3.05) is 0 Å². The van der Waals surface area contributed by atoms with Gasteiger partial charge in [-0.25, -0.2) is 0 Å². The van der Waals surface area contributed by atoms with E-state index in [1.54, 1.807) is 0 Å². The van der Waals surface area contributed by atoms with E-state index < -0.39 is 0 Å². The van der Waals surface area contributed by atoms with Crippen LogP contribution in [0.15, 0.2) is 85.0 Å². The molecule has 30 heavy (non-hydrogen) atoms. The summed E-state index contributed by atoms with van der Waals surface area (Å²) in [4.78, 5) is 9.90. The first-order valence-corrected chi connectivity index (χ1v) is 10.5. The standard InChI is InChI=1S/C28H24N2/c1-19-17-25(21-11-7-4-3-5-8-12-21)23-15-16-24-26(22-13-9-6-10-14-22)18-20(2)30-28(24)27(23)29-19/h3-7,9-11,13-18H,8,12H2,1-2H3/b5-3-,7-4-,21-11+. The largest absolute Gasteiger partial charge is 0.251 e. The Bertz CT molecular complexity index is 1340. The number of nitrogens with zero attached hydrogens (tertiary/aromatic N) is 2. The molecular weight excluding hydrogens is 364 g/mol.